The van der Waals surface area contributed by atoms with E-state index in [1.54, 1.807) is 24.3 Å². The Labute approximate surface area is 113 Å². The third-order valence-electron chi connectivity index (χ3n) is 2.41. The van der Waals surface area contributed by atoms with E-state index in [0.29, 0.717) is 12.0 Å². The highest BCUT2D eigenvalue weighted by Crippen LogP contribution is 2.11. The van der Waals surface area contributed by atoms with Crippen molar-refractivity contribution in [1.29, 1.82) is 5.26 Å². The Morgan fingerprint density at radius 3 is 2.67 bits per heavy atom. The minimum atomic E-state index is 0.0312. The lowest BCUT2D eigenvalue weighted by atomic mass is 10.2. The van der Waals surface area contributed by atoms with Gasteiger partial charge in [0.15, 0.2) is 0 Å². The molecule has 1 rings (SSSR count). The van der Waals surface area contributed by atoms with Gasteiger partial charge in [0.1, 0.15) is 0 Å². The van der Waals surface area contributed by atoms with Crippen LogP contribution in [0, 0.1) is 11.3 Å². The molecular weight excluding hydrogens is 244 g/mol. The minimum absolute atomic E-state index is 0.0312. The Morgan fingerprint density at radius 2 is 2.06 bits per heavy atom. The van der Waals surface area contributed by atoms with Crippen molar-refractivity contribution < 1.29 is 4.79 Å². The van der Waals surface area contributed by atoms with Gasteiger partial charge in [-0.3, -0.25) is 4.79 Å². The average molecular weight is 262 g/mol. The quantitative estimate of drug-likeness (QED) is 0.766. The SMILES string of the molecule is CCCCSCCC(=O)Nc1ccc(C#N)cc1. The number of hydrogen-bond donors (Lipinski definition) is 1. The van der Waals surface area contributed by atoms with Crippen molar-refractivity contribution in [2.24, 2.45) is 0 Å². The lowest BCUT2D eigenvalue weighted by Gasteiger charge is -2.05. The fourth-order valence-electron chi connectivity index (χ4n) is 1.36. The van der Waals surface area contributed by atoms with Crippen LogP contribution < -0.4 is 5.32 Å². The lowest BCUT2D eigenvalue weighted by molar-refractivity contribution is -0.115. The van der Waals surface area contributed by atoms with E-state index in [1.165, 1.54) is 12.8 Å². The molecule has 1 aromatic carbocycles. The summed E-state index contributed by atoms with van der Waals surface area (Å²) in [4.78, 5) is 11.6. The van der Waals surface area contributed by atoms with Crippen LogP contribution in [0.25, 0.3) is 0 Å². The highest BCUT2D eigenvalue weighted by atomic mass is 32.2. The van der Waals surface area contributed by atoms with Crippen LogP contribution in [0.4, 0.5) is 5.69 Å². The van der Waals surface area contributed by atoms with Crippen LogP contribution in [0.2, 0.25) is 0 Å². The van der Waals surface area contributed by atoms with Crippen molar-refractivity contribution in [1.82, 2.24) is 0 Å². The van der Waals surface area contributed by atoms with Gasteiger partial charge in [-0.2, -0.15) is 17.0 Å². The predicted molar refractivity (Wildman–Crippen MR) is 76.6 cm³/mol. The maximum Gasteiger partial charge on any atom is 0.225 e. The van der Waals surface area contributed by atoms with Crippen LogP contribution in [0.5, 0.6) is 0 Å². The van der Waals surface area contributed by atoms with Crippen LogP contribution >= 0.6 is 11.8 Å². The molecule has 0 fully saturated rings. The largest absolute Gasteiger partial charge is 0.326 e. The van der Waals surface area contributed by atoms with Crippen LogP contribution in [0.3, 0.4) is 0 Å². The number of benzene rings is 1. The van der Waals surface area contributed by atoms with Gasteiger partial charge in [0.05, 0.1) is 11.6 Å². The number of nitrogens with one attached hydrogen (secondary N) is 1. The molecule has 3 nitrogen and oxygen atoms in total. The lowest BCUT2D eigenvalue weighted by Crippen LogP contribution is -2.12. The highest BCUT2D eigenvalue weighted by molar-refractivity contribution is 7.99. The average Bonchev–Trinajstić information content (AvgIpc) is 2.39. The van der Waals surface area contributed by atoms with Crippen molar-refractivity contribution >= 4 is 23.4 Å². The van der Waals surface area contributed by atoms with E-state index in [2.05, 4.69) is 12.2 Å². The smallest absolute Gasteiger partial charge is 0.225 e. The molecule has 0 saturated heterocycles. The van der Waals surface area contributed by atoms with Crippen molar-refractivity contribution in [3.8, 4) is 6.07 Å². The molecule has 0 saturated carbocycles. The first-order valence-electron chi connectivity index (χ1n) is 6.14. The van der Waals surface area contributed by atoms with Gasteiger partial charge in [0.25, 0.3) is 0 Å². The van der Waals surface area contributed by atoms with E-state index in [0.717, 1.165) is 17.2 Å². The molecule has 0 spiro atoms. The molecule has 1 amide bonds. The van der Waals surface area contributed by atoms with Gasteiger partial charge in [0, 0.05) is 17.9 Å². The summed E-state index contributed by atoms with van der Waals surface area (Å²) in [7, 11) is 0. The second-order valence-corrected chi connectivity index (χ2v) is 5.18. The Kier molecular flexibility index (Phi) is 6.97. The molecule has 0 aliphatic carbocycles. The number of carbonyl (C=O) groups is 1. The highest BCUT2D eigenvalue weighted by Gasteiger charge is 2.02. The fourth-order valence-corrected chi connectivity index (χ4v) is 2.39. The predicted octanol–water partition coefficient (Wildman–Crippen LogP) is 3.42. The number of carbonyl (C=O) groups excluding carboxylic acids is 1. The molecule has 96 valence electrons. The molecule has 1 N–H and O–H groups in total. The summed E-state index contributed by atoms with van der Waals surface area (Å²) >= 11 is 1.82. The number of hydrogen-bond acceptors (Lipinski definition) is 3. The summed E-state index contributed by atoms with van der Waals surface area (Å²) in [6.07, 6.45) is 2.95. The number of rotatable bonds is 7. The molecular formula is C14H18N2OS. The molecule has 0 aliphatic rings. The van der Waals surface area contributed by atoms with E-state index in [1.807, 2.05) is 17.8 Å². The number of nitriles is 1. The Bertz CT molecular complexity index is 409. The maximum absolute atomic E-state index is 11.6. The molecule has 0 bridgehead atoms. The van der Waals surface area contributed by atoms with Gasteiger partial charge in [-0.25, -0.2) is 0 Å². The zero-order valence-corrected chi connectivity index (χ0v) is 11.4. The molecule has 18 heavy (non-hydrogen) atoms. The Hall–Kier alpha value is -1.47. The summed E-state index contributed by atoms with van der Waals surface area (Å²) in [6, 6.07) is 8.95. The monoisotopic (exact) mass is 262 g/mol. The molecule has 0 aromatic heterocycles. The fraction of sp³-hybridized carbons (Fsp3) is 0.429. The van der Waals surface area contributed by atoms with E-state index in [4.69, 9.17) is 5.26 Å². The molecule has 0 heterocycles. The third-order valence-corrected chi connectivity index (χ3v) is 3.48. The first-order chi connectivity index (χ1) is 8.76. The van der Waals surface area contributed by atoms with E-state index in [9.17, 15) is 4.79 Å². The molecule has 4 heteroatoms. The summed E-state index contributed by atoms with van der Waals surface area (Å²) in [5.74, 6) is 2.02. The van der Waals surface area contributed by atoms with Crippen molar-refractivity contribution in [2.45, 2.75) is 26.2 Å². The van der Waals surface area contributed by atoms with Crippen molar-refractivity contribution in [2.75, 3.05) is 16.8 Å². The number of thioether (sulfide) groups is 1. The number of amides is 1. The molecule has 0 radical (unpaired) electrons. The van der Waals surface area contributed by atoms with E-state index >= 15 is 0 Å². The maximum atomic E-state index is 11.6. The first-order valence-corrected chi connectivity index (χ1v) is 7.29. The standard InChI is InChI=1S/C14H18N2OS/c1-2-3-9-18-10-8-14(17)16-13-6-4-12(11-15)5-7-13/h4-7H,2-3,8-10H2,1H3,(H,16,17). The second kappa shape index (κ2) is 8.60. The summed E-state index contributed by atoms with van der Waals surface area (Å²) in [6.45, 7) is 2.16. The molecule has 0 unspecified atom stereocenters. The minimum Gasteiger partial charge on any atom is -0.326 e. The van der Waals surface area contributed by atoms with Gasteiger partial charge < -0.3 is 5.32 Å². The number of unbranched alkanes of at least 4 members (excludes halogenated alkanes) is 1. The normalized spacial score (nSPS) is 9.78. The van der Waals surface area contributed by atoms with E-state index in [-0.39, 0.29) is 5.91 Å². The summed E-state index contributed by atoms with van der Waals surface area (Å²) in [5.41, 5.74) is 1.35. The zero-order valence-electron chi connectivity index (χ0n) is 10.6. The van der Waals surface area contributed by atoms with Crippen LogP contribution in [-0.4, -0.2) is 17.4 Å². The van der Waals surface area contributed by atoms with Gasteiger partial charge in [-0.05, 0) is 36.4 Å². The van der Waals surface area contributed by atoms with Gasteiger partial charge >= 0.3 is 0 Å². The van der Waals surface area contributed by atoms with E-state index < -0.39 is 0 Å². The van der Waals surface area contributed by atoms with Gasteiger partial charge in [-0.15, -0.1) is 0 Å². The molecule has 0 atom stereocenters. The molecule has 1 aromatic rings. The topological polar surface area (TPSA) is 52.9 Å². The van der Waals surface area contributed by atoms with Crippen LogP contribution in [-0.2, 0) is 4.79 Å². The number of nitrogens with zero attached hydrogens (tertiary/aromatic N) is 1. The summed E-state index contributed by atoms with van der Waals surface area (Å²) < 4.78 is 0. The zero-order chi connectivity index (χ0) is 13.2. The van der Waals surface area contributed by atoms with Crippen molar-refractivity contribution in [3.05, 3.63) is 29.8 Å². The van der Waals surface area contributed by atoms with Crippen LogP contribution in [0.1, 0.15) is 31.7 Å². The molecule has 0 aliphatic heterocycles. The summed E-state index contributed by atoms with van der Waals surface area (Å²) in [5, 5.41) is 11.5. The van der Waals surface area contributed by atoms with Crippen LogP contribution in [0.15, 0.2) is 24.3 Å². The Morgan fingerprint density at radius 1 is 1.33 bits per heavy atom. The van der Waals surface area contributed by atoms with Gasteiger partial charge in [-0.1, -0.05) is 13.3 Å². The Balaban J connectivity index is 2.25. The first kappa shape index (κ1) is 14.6. The van der Waals surface area contributed by atoms with Gasteiger partial charge in [0.2, 0.25) is 5.91 Å². The van der Waals surface area contributed by atoms with Crippen molar-refractivity contribution in [3.63, 3.8) is 0 Å². The third kappa shape index (κ3) is 5.74. The number of anilines is 1. The second-order valence-electron chi connectivity index (χ2n) is 3.95.